The molecule has 0 atom stereocenters. The normalized spacial score (nSPS) is 12.5. The fraction of sp³-hybridized carbons (Fsp3) is 0.125. The molecule has 0 aliphatic heterocycles. The number of sulfonamides is 1. The lowest BCUT2D eigenvalue weighted by Crippen LogP contribution is -2.26. The lowest BCUT2D eigenvalue weighted by Gasteiger charge is -2.08. The standard InChI is InChI=1S/C8H6F3NO3S/c9-8(10,11)7(13)5-3-1-2-4-6(5)16(12,14)15/h1-4H,(H2,12,14,15). The molecule has 0 saturated carbocycles. The number of hydrogen-bond acceptors (Lipinski definition) is 3. The smallest absolute Gasteiger partial charge is 0.284 e. The monoisotopic (exact) mass is 253 g/mol. The van der Waals surface area contributed by atoms with Crippen LogP contribution in [0.25, 0.3) is 0 Å². The van der Waals surface area contributed by atoms with Crippen molar-refractivity contribution in [1.82, 2.24) is 0 Å². The highest BCUT2D eigenvalue weighted by Crippen LogP contribution is 2.25. The predicted molar refractivity (Wildman–Crippen MR) is 48.2 cm³/mol. The number of benzene rings is 1. The van der Waals surface area contributed by atoms with Crippen LogP contribution >= 0.6 is 0 Å². The van der Waals surface area contributed by atoms with E-state index in [1.165, 1.54) is 6.07 Å². The number of halogens is 3. The van der Waals surface area contributed by atoms with Crippen LogP contribution in [0.1, 0.15) is 10.4 Å². The van der Waals surface area contributed by atoms with E-state index in [9.17, 15) is 26.4 Å². The number of hydrogen-bond donors (Lipinski definition) is 1. The van der Waals surface area contributed by atoms with Gasteiger partial charge in [-0.15, -0.1) is 0 Å². The second-order valence-electron chi connectivity index (χ2n) is 2.87. The number of nitrogens with two attached hydrogens (primary N) is 1. The average molecular weight is 253 g/mol. The molecule has 0 unspecified atom stereocenters. The third kappa shape index (κ3) is 2.58. The van der Waals surface area contributed by atoms with Crippen LogP contribution in [0.5, 0.6) is 0 Å². The van der Waals surface area contributed by atoms with Crippen LogP contribution in [-0.4, -0.2) is 20.4 Å². The molecule has 16 heavy (non-hydrogen) atoms. The molecule has 1 rings (SSSR count). The van der Waals surface area contributed by atoms with Crippen molar-refractivity contribution in [3.05, 3.63) is 29.8 Å². The van der Waals surface area contributed by atoms with Gasteiger partial charge in [-0.1, -0.05) is 12.1 Å². The zero-order valence-corrected chi connectivity index (χ0v) is 8.47. The molecule has 1 aromatic carbocycles. The second kappa shape index (κ2) is 3.87. The van der Waals surface area contributed by atoms with E-state index < -0.39 is 32.4 Å². The Morgan fingerprint density at radius 2 is 1.69 bits per heavy atom. The van der Waals surface area contributed by atoms with Gasteiger partial charge in [0.25, 0.3) is 5.78 Å². The van der Waals surface area contributed by atoms with Gasteiger partial charge in [-0.05, 0) is 12.1 Å². The lowest BCUT2D eigenvalue weighted by atomic mass is 10.1. The van der Waals surface area contributed by atoms with Crippen LogP contribution < -0.4 is 5.14 Å². The molecule has 2 N–H and O–H groups in total. The van der Waals surface area contributed by atoms with Gasteiger partial charge in [0.2, 0.25) is 10.0 Å². The molecule has 1 aromatic rings. The Bertz CT molecular complexity index is 522. The molecule has 0 aliphatic carbocycles. The number of alkyl halides is 3. The highest BCUT2D eigenvalue weighted by molar-refractivity contribution is 7.89. The number of carbonyl (C=O) groups excluding carboxylic acids is 1. The molecule has 0 amide bonds. The quantitative estimate of drug-likeness (QED) is 0.801. The van der Waals surface area contributed by atoms with Gasteiger partial charge in [0.15, 0.2) is 0 Å². The van der Waals surface area contributed by atoms with E-state index in [-0.39, 0.29) is 0 Å². The summed E-state index contributed by atoms with van der Waals surface area (Å²) in [5.41, 5.74) is -0.975. The van der Waals surface area contributed by atoms with Gasteiger partial charge in [-0.2, -0.15) is 13.2 Å². The van der Waals surface area contributed by atoms with Crippen molar-refractivity contribution >= 4 is 15.8 Å². The first kappa shape index (κ1) is 12.7. The molecule has 88 valence electrons. The molecule has 8 heteroatoms. The molecule has 0 radical (unpaired) electrons. The molecule has 0 spiro atoms. The Balaban J connectivity index is 3.42. The van der Waals surface area contributed by atoms with Crippen LogP contribution in [0, 0.1) is 0 Å². The first-order valence-corrected chi connectivity index (χ1v) is 5.42. The van der Waals surface area contributed by atoms with Gasteiger partial charge in [0.05, 0.1) is 4.90 Å². The van der Waals surface area contributed by atoms with E-state index >= 15 is 0 Å². The van der Waals surface area contributed by atoms with E-state index in [4.69, 9.17) is 5.14 Å². The third-order valence-electron chi connectivity index (χ3n) is 1.70. The second-order valence-corrected chi connectivity index (χ2v) is 4.40. The van der Waals surface area contributed by atoms with Gasteiger partial charge < -0.3 is 0 Å². The summed E-state index contributed by atoms with van der Waals surface area (Å²) < 4.78 is 58.2. The van der Waals surface area contributed by atoms with Crippen molar-refractivity contribution in [2.45, 2.75) is 11.1 Å². The maximum absolute atomic E-state index is 12.1. The van der Waals surface area contributed by atoms with Crippen LogP contribution in [0.3, 0.4) is 0 Å². The molecule has 0 fully saturated rings. The molecule has 0 bridgehead atoms. The Hall–Kier alpha value is -1.41. The number of rotatable bonds is 2. The van der Waals surface area contributed by atoms with E-state index in [1.54, 1.807) is 0 Å². The van der Waals surface area contributed by atoms with Crippen molar-refractivity contribution in [1.29, 1.82) is 0 Å². The van der Waals surface area contributed by atoms with E-state index in [2.05, 4.69) is 0 Å². The summed E-state index contributed by atoms with van der Waals surface area (Å²) in [7, 11) is -4.36. The molecule has 0 aliphatic rings. The Morgan fingerprint density at radius 3 is 2.12 bits per heavy atom. The largest absolute Gasteiger partial charge is 0.454 e. The van der Waals surface area contributed by atoms with Gasteiger partial charge >= 0.3 is 6.18 Å². The van der Waals surface area contributed by atoms with Crippen LogP contribution in [0.2, 0.25) is 0 Å². The third-order valence-corrected chi connectivity index (χ3v) is 2.66. The fourth-order valence-corrected chi connectivity index (χ4v) is 1.79. The van der Waals surface area contributed by atoms with Crippen molar-refractivity contribution in [2.75, 3.05) is 0 Å². The average Bonchev–Trinajstić information content (AvgIpc) is 2.14. The van der Waals surface area contributed by atoms with E-state index in [0.717, 1.165) is 18.2 Å². The maximum atomic E-state index is 12.1. The molecule has 0 aromatic heterocycles. The summed E-state index contributed by atoms with van der Waals surface area (Å²) in [4.78, 5) is 10.1. The first-order valence-electron chi connectivity index (χ1n) is 3.87. The summed E-state index contributed by atoms with van der Waals surface area (Å²) in [5.74, 6) is -2.24. The Kier molecular flexibility index (Phi) is 3.06. The zero-order chi connectivity index (χ0) is 12.6. The minimum Gasteiger partial charge on any atom is -0.284 e. The van der Waals surface area contributed by atoms with Crippen LogP contribution in [-0.2, 0) is 10.0 Å². The molecule has 4 nitrogen and oxygen atoms in total. The summed E-state index contributed by atoms with van der Waals surface area (Å²) in [6.07, 6.45) is -5.14. The maximum Gasteiger partial charge on any atom is 0.454 e. The van der Waals surface area contributed by atoms with Crippen molar-refractivity contribution in [3.63, 3.8) is 0 Å². The van der Waals surface area contributed by atoms with Crippen LogP contribution in [0.4, 0.5) is 13.2 Å². The summed E-state index contributed by atoms with van der Waals surface area (Å²) in [5, 5.41) is 4.69. The minimum absolute atomic E-state index is 0.759. The van der Waals surface area contributed by atoms with Gasteiger partial charge in [-0.3, -0.25) is 4.79 Å². The molecule has 0 heterocycles. The van der Waals surface area contributed by atoms with Crippen LogP contribution in [0.15, 0.2) is 29.2 Å². The topological polar surface area (TPSA) is 77.2 Å². The number of Topliss-reactive ketones (excluding diaryl/α,β-unsaturated/α-hetero) is 1. The van der Waals surface area contributed by atoms with E-state index in [1.807, 2.05) is 0 Å². The summed E-state index contributed by atoms with van der Waals surface area (Å²) in [6.45, 7) is 0. The minimum atomic E-state index is -5.14. The molecule has 0 saturated heterocycles. The highest BCUT2D eigenvalue weighted by atomic mass is 32.2. The molecular formula is C8H6F3NO3S. The van der Waals surface area contributed by atoms with Gasteiger partial charge in [0.1, 0.15) is 0 Å². The summed E-state index contributed by atoms with van der Waals surface area (Å²) >= 11 is 0. The van der Waals surface area contributed by atoms with Crippen molar-refractivity contribution in [2.24, 2.45) is 5.14 Å². The van der Waals surface area contributed by atoms with Crippen molar-refractivity contribution < 1.29 is 26.4 Å². The highest BCUT2D eigenvalue weighted by Gasteiger charge is 2.41. The molecular weight excluding hydrogens is 247 g/mol. The first-order chi connectivity index (χ1) is 7.14. The number of primary sulfonamides is 1. The summed E-state index contributed by atoms with van der Waals surface area (Å²) in [6, 6.07) is 3.89. The zero-order valence-electron chi connectivity index (χ0n) is 7.65. The van der Waals surface area contributed by atoms with Crippen molar-refractivity contribution in [3.8, 4) is 0 Å². The van der Waals surface area contributed by atoms with E-state index in [0.29, 0.717) is 0 Å². The Morgan fingerprint density at radius 1 is 1.19 bits per heavy atom. The van der Waals surface area contributed by atoms with Gasteiger partial charge in [-0.25, -0.2) is 13.6 Å². The SMILES string of the molecule is NS(=O)(=O)c1ccccc1C(=O)C(F)(F)F. The lowest BCUT2D eigenvalue weighted by molar-refractivity contribution is -0.0887. The fourth-order valence-electron chi connectivity index (χ4n) is 1.06. The Labute approximate surface area is 88.9 Å². The number of carbonyl (C=O) groups is 1. The number of ketones is 1. The van der Waals surface area contributed by atoms with Gasteiger partial charge in [0, 0.05) is 5.56 Å². The predicted octanol–water partition coefficient (Wildman–Crippen LogP) is 1.08.